The summed E-state index contributed by atoms with van der Waals surface area (Å²) in [6.07, 6.45) is 3.18. The molecule has 4 rings (SSSR count). The standard InChI is InChI=1S/C20H24N4O2/c1-4-17(25)24-11-20(12-24)6-7-23(10-20)19-15(9-21)13(2)18-14(3)26-8-5-16(18)22-19/h4,14H,1,5-8,10-12H2,2-3H3. The number of nitriles is 1. The molecule has 136 valence electrons. The lowest BCUT2D eigenvalue weighted by Gasteiger charge is -2.47. The lowest BCUT2D eigenvalue weighted by atomic mass is 9.79. The summed E-state index contributed by atoms with van der Waals surface area (Å²) >= 11 is 0. The van der Waals surface area contributed by atoms with E-state index >= 15 is 0 Å². The highest BCUT2D eigenvalue weighted by molar-refractivity contribution is 5.87. The molecule has 1 atom stereocenters. The van der Waals surface area contributed by atoms with Crippen molar-refractivity contribution in [2.75, 3.05) is 37.7 Å². The number of anilines is 1. The molecular weight excluding hydrogens is 328 g/mol. The molecule has 6 heteroatoms. The molecule has 0 aliphatic carbocycles. The maximum Gasteiger partial charge on any atom is 0.245 e. The highest BCUT2D eigenvalue weighted by Gasteiger charge is 2.49. The predicted molar refractivity (Wildman–Crippen MR) is 97.8 cm³/mol. The number of pyridine rings is 1. The third-order valence-electron chi connectivity index (χ3n) is 6.06. The van der Waals surface area contributed by atoms with Gasteiger partial charge in [0.25, 0.3) is 0 Å². The molecule has 0 N–H and O–H groups in total. The van der Waals surface area contributed by atoms with Crippen LogP contribution in [0.15, 0.2) is 12.7 Å². The van der Waals surface area contributed by atoms with Crippen LogP contribution in [0.3, 0.4) is 0 Å². The fourth-order valence-electron chi connectivity index (χ4n) is 4.69. The van der Waals surface area contributed by atoms with Crippen molar-refractivity contribution < 1.29 is 9.53 Å². The Labute approximate surface area is 154 Å². The van der Waals surface area contributed by atoms with Gasteiger partial charge in [0.1, 0.15) is 11.9 Å². The van der Waals surface area contributed by atoms with E-state index in [1.54, 1.807) is 0 Å². The van der Waals surface area contributed by atoms with E-state index in [2.05, 4.69) is 17.5 Å². The van der Waals surface area contributed by atoms with Crippen LogP contribution in [0, 0.1) is 23.7 Å². The van der Waals surface area contributed by atoms with Gasteiger partial charge in [-0.2, -0.15) is 5.26 Å². The van der Waals surface area contributed by atoms with E-state index in [1.165, 1.54) is 6.08 Å². The van der Waals surface area contributed by atoms with Gasteiger partial charge in [0, 0.05) is 43.6 Å². The minimum atomic E-state index is -0.0116. The average molecular weight is 352 g/mol. The zero-order valence-electron chi connectivity index (χ0n) is 15.4. The van der Waals surface area contributed by atoms with Crippen molar-refractivity contribution in [3.05, 3.63) is 35.0 Å². The van der Waals surface area contributed by atoms with Crippen molar-refractivity contribution in [2.24, 2.45) is 5.41 Å². The zero-order valence-corrected chi connectivity index (χ0v) is 15.4. The first-order chi connectivity index (χ1) is 12.5. The molecule has 1 spiro atoms. The second-order valence-electron chi connectivity index (χ2n) is 7.74. The van der Waals surface area contributed by atoms with Crippen LogP contribution in [0.4, 0.5) is 5.82 Å². The van der Waals surface area contributed by atoms with Gasteiger partial charge < -0.3 is 14.5 Å². The largest absolute Gasteiger partial charge is 0.373 e. The van der Waals surface area contributed by atoms with E-state index in [4.69, 9.17) is 9.72 Å². The second-order valence-corrected chi connectivity index (χ2v) is 7.74. The Bertz CT molecular complexity index is 820. The first-order valence-electron chi connectivity index (χ1n) is 9.19. The highest BCUT2D eigenvalue weighted by Crippen LogP contribution is 2.43. The molecule has 3 aliphatic rings. The van der Waals surface area contributed by atoms with Gasteiger partial charge in [0.05, 0.1) is 24.0 Å². The Hall–Kier alpha value is -2.39. The van der Waals surface area contributed by atoms with Crippen LogP contribution in [-0.4, -0.2) is 48.6 Å². The Morgan fingerprint density at radius 1 is 1.46 bits per heavy atom. The van der Waals surface area contributed by atoms with E-state index in [-0.39, 0.29) is 17.4 Å². The van der Waals surface area contributed by atoms with Gasteiger partial charge in [-0.15, -0.1) is 0 Å². The van der Waals surface area contributed by atoms with Crippen molar-refractivity contribution in [1.29, 1.82) is 5.26 Å². The lowest BCUT2D eigenvalue weighted by molar-refractivity contribution is -0.136. The normalized spacial score (nSPS) is 23.3. The molecule has 1 aromatic heterocycles. The van der Waals surface area contributed by atoms with Gasteiger partial charge in [0.2, 0.25) is 5.91 Å². The first kappa shape index (κ1) is 17.0. The maximum atomic E-state index is 11.7. The fourth-order valence-corrected chi connectivity index (χ4v) is 4.69. The number of carbonyl (C=O) groups excluding carboxylic acids is 1. The number of likely N-dealkylation sites (tertiary alicyclic amines) is 1. The minimum Gasteiger partial charge on any atom is -0.373 e. The highest BCUT2D eigenvalue weighted by atomic mass is 16.5. The number of fused-ring (bicyclic) bond motifs is 1. The van der Waals surface area contributed by atoms with E-state index in [9.17, 15) is 10.1 Å². The van der Waals surface area contributed by atoms with Crippen LogP contribution >= 0.6 is 0 Å². The molecule has 26 heavy (non-hydrogen) atoms. The molecular formula is C20H24N4O2. The Balaban J connectivity index is 1.62. The first-order valence-corrected chi connectivity index (χ1v) is 9.19. The summed E-state index contributed by atoms with van der Waals surface area (Å²) in [5.41, 5.74) is 3.94. The van der Waals surface area contributed by atoms with E-state index in [0.717, 1.165) is 61.7 Å². The average Bonchev–Trinajstić information content (AvgIpc) is 3.05. The molecule has 1 amide bonds. The summed E-state index contributed by atoms with van der Waals surface area (Å²) in [4.78, 5) is 20.7. The monoisotopic (exact) mass is 352 g/mol. The molecule has 0 saturated carbocycles. The third kappa shape index (κ3) is 2.50. The Morgan fingerprint density at radius 2 is 2.23 bits per heavy atom. The number of rotatable bonds is 2. The third-order valence-corrected chi connectivity index (χ3v) is 6.06. The molecule has 4 heterocycles. The number of amides is 1. The second kappa shape index (κ2) is 6.10. The smallest absolute Gasteiger partial charge is 0.245 e. The topological polar surface area (TPSA) is 69.5 Å². The van der Waals surface area contributed by atoms with Crippen molar-refractivity contribution in [3.8, 4) is 6.07 Å². The fraction of sp³-hybridized carbons (Fsp3) is 0.550. The summed E-state index contributed by atoms with van der Waals surface area (Å²) in [6, 6.07) is 2.37. The number of ether oxygens (including phenoxy) is 1. The summed E-state index contributed by atoms with van der Waals surface area (Å²) in [6.45, 7) is 11.5. The quantitative estimate of drug-likeness (QED) is 0.763. The molecule has 1 aromatic rings. The van der Waals surface area contributed by atoms with Crippen molar-refractivity contribution in [2.45, 2.75) is 32.8 Å². The number of hydrogen-bond acceptors (Lipinski definition) is 5. The van der Waals surface area contributed by atoms with E-state index in [0.29, 0.717) is 12.2 Å². The van der Waals surface area contributed by atoms with Gasteiger partial charge in [-0.25, -0.2) is 4.98 Å². The number of carbonyl (C=O) groups is 1. The minimum absolute atomic E-state index is 0.00327. The summed E-state index contributed by atoms with van der Waals surface area (Å²) in [5, 5.41) is 9.77. The number of hydrogen-bond donors (Lipinski definition) is 0. The molecule has 0 bridgehead atoms. The van der Waals surface area contributed by atoms with Crippen LogP contribution in [0.5, 0.6) is 0 Å². The SMILES string of the molecule is C=CC(=O)N1CC2(CCN(c3nc4c(c(C)c3C#N)C(C)OCC4)C2)C1. The Kier molecular flexibility index (Phi) is 4.00. The molecule has 2 saturated heterocycles. The summed E-state index contributed by atoms with van der Waals surface area (Å²) in [7, 11) is 0. The van der Waals surface area contributed by atoms with Gasteiger partial charge in [-0.05, 0) is 31.9 Å². The van der Waals surface area contributed by atoms with Gasteiger partial charge in [0.15, 0.2) is 0 Å². The molecule has 6 nitrogen and oxygen atoms in total. The van der Waals surface area contributed by atoms with Crippen molar-refractivity contribution >= 4 is 11.7 Å². The number of nitrogens with zero attached hydrogens (tertiary/aromatic N) is 4. The van der Waals surface area contributed by atoms with Crippen LogP contribution in [0.2, 0.25) is 0 Å². The van der Waals surface area contributed by atoms with Crippen LogP contribution in [-0.2, 0) is 16.0 Å². The van der Waals surface area contributed by atoms with Crippen molar-refractivity contribution in [1.82, 2.24) is 9.88 Å². The molecule has 1 unspecified atom stereocenters. The van der Waals surface area contributed by atoms with Gasteiger partial charge in [-0.1, -0.05) is 6.58 Å². The molecule has 2 fully saturated rings. The van der Waals surface area contributed by atoms with Crippen LogP contribution < -0.4 is 4.90 Å². The summed E-state index contributed by atoms with van der Waals surface area (Å²) < 4.78 is 5.75. The maximum absolute atomic E-state index is 11.7. The van der Waals surface area contributed by atoms with Gasteiger partial charge in [-0.3, -0.25) is 4.79 Å². The van der Waals surface area contributed by atoms with Crippen LogP contribution in [0.25, 0.3) is 0 Å². The summed E-state index contributed by atoms with van der Waals surface area (Å²) in [5.74, 6) is 0.812. The van der Waals surface area contributed by atoms with E-state index < -0.39 is 0 Å². The number of aromatic nitrogens is 1. The van der Waals surface area contributed by atoms with Crippen molar-refractivity contribution in [3.63, 3.8) is 0 Å². The Morgan fingerprint density at radius 3 is 2.92 bits per heavy atom. The van der Waals surface area contributed by atoms with Gasteiger partial charge >= 0.3 is 0 Å². The predicted octanol–water partition coefficient (Wildman–Crippen LogP) is 2.12. The lowest BCUT2D eigenvalue weighted by Crippen LogP contribution is -2.59. The zero-order chi connectivity index (χ0) is 18.5. The van der Waals surface area contributed by atoms with E-state index in [1.807, 2.05) is 18.7 Å². The molecule has 0 aromatic carbocycles. The molecule has 3 aliphatic heterocycles. The molecule has 0 radical (unpaired) electrons. The van der Waals surface area contributed by atoms with Crippen LogP contribution in [0.1, 0.15) is 41.8 Å².